The summed E-state index contributed by atoms with van der Waals surface area (Å²) < 4.78 is 23.0. The van der Waals surface area contributed by atoms with Crippen LogP contribution in [0.25, 0.3) is 0 Å². The fourth-order valence-corrected chi connectivity index (χ4v) is 4.26. The van der Waals surface area contributed by atoms with E-state index in [9.17, 15) is 18.0 Å². The third-order valence-corrected chi connectivity index (χ3v) is 5.33. The van der Waals surface area contributed by atoms with Crippen molar-refractivity contribution in [3.05, 3.63) is 0 Å². The number of sulfone groups is 1. The van der Waals surface area contributed by atoms with E-state index in [4.69, 9.17) is 0 Å². The van der Waals surface area contributed by atoms with Crippen LogP contribution in [0.2, 0.25) is 0 Å². The Hall–Kier alpha value is -1.11. The highest BCUT2D eigenvalue weighted by Crippen LogP contribution is 2.18. The lowest BCUT2D eigenvalue weighted by Crippen LogP contribution is -2.47. The molecule has 0 aliphatic carbocycles. The predicted molar refractivity (Wildman–Crippen MR) is 77.0 cm³/mol. The molecule has 1 atom stereocenters. The number of carbonyl (C=O) groups is 2. The third kappa shape index (κ3) is 4.47. The van der Waals surface area contributed by atoms with Crippen LogP contribution in [0.15, 0.2) is 0 Å². The Morgan fingerprint density at radius 2 is 1.90 bits per heavy atom. The maximum atomic E-state index is 12.3. The summed E-state index contributed by atoms with van der Waals surface area (Å²) in [5, 5.41) is 0. The van der Waals surface area contributed by atoms with Crippen LogP contribution in [0.5, 0.6) is 0 Å². The number of nitrogens with zero attached hydrogens (tertiary/aromatic N) is 2. The molecule has 0 radical (unpaired) electrons. The van der Waals surface area contributed by atoms with Gasteiger partial charge in [-0.25, -0.2) is 8.42 Å². The van der Waals surface area contributed by atoms with Gasteiger partial charge >= 0.3 is 0 Å². The first-order valence-corrected chi connectivity index (χ1v) is 8.88. The lowest BCUT2D eigenvalue weighted by Gasteiger charge is -2.29. The summed E-state index contributed by atoms with van der Waals surface area (Å²) in [4.78, 5) is 26.9. The lowest BCUT2D eigenvalue weighted by atomic mass is 10.2. The summed E-state index contributed by atoms with van der Waals surface area (Å²) in [6.45, 7) is 6.27. The van der Waals surface area contributed by atoms with Gasteiger partial charge in [0.1, 0.15) is 0 Å². The van der Waals surface area contributed by atoms with Crippen LogP contribution in [0, 0.1) is 0 Å². The molecule has 2 amide bonds. The van der Waals surface area contributed by atoms with Crippen molar-refractivity contribution >= 4 is 21.7 Å². The highest BCUT2D eigenvalue weighted by molar-refractivity contribution is 7.91. The molecule has 1 rings (SSSR count). The Morgan fingerprint density at radius 3 is 2.30 bits per heavy atom. The summed E-state index contributed by atoms with van der Waals surface area (Å²) in [6, 6.07) is -0.243. The van der Waals surface area contributed by atoms with Crippen LogP contribution in [0.4, 0.5) is 0 Å². The standard InChI is InChI=1S/C13H24N2O4S/c1-4-7-14(11(3)16)9-13(17)15(5-2)12-6-8-20(18,19)10-12/h12H,4-10H2,1-3H3. The van der Waals surface area contributed by atoms with E-state index < -0.39 is 9.84 Å². The molecule has 20 heavy (non-hydrogen) atoms. The fraction of sp³-hybridized carbons (Fsp3) is 0.846. The van der Waals surface area contributed by atoms with E-state index in [1.165, 1.54) is 11.8 Å². The zero-order valence-corrected chi connectivity index (χ0v) is 13.3. The van der Waals surface area contributed by atoms with Gasteiger partial charge in [-0.2, -0.15) is 0 Å². The van der Waals surface area contributed by atoms with E-state index in [-0.39, 0.29) is 35.9 Å². The van der Waals surface area contributed by atoms with Crippen LogP contribution in [-0.4, -0.2) is 67.2 Å². The van der Waals surface area contributed by atoms with Gasteiger partial charge in [0.15, 0.2) is 9.84 Å². The molecular formula is C13H24N2O4S. The van der Waals surface area contributed by atoms with Gasteiger partial charge in [0.25, 0.3) is 0 Å². The summed E-state index contributed by atoms with van der Waals surface area (Å²) in [6.07, 6.45) is 1.28. The Morgan fingerprint density at radius 1 is 1.25 bits per heavy atom. The lowest BCUT2D eigenvalue weighted by molar-refractivity contribution is -0.140. The van der Waals surface area contributed by atoms with Crippen molar-refractivity contribution in [3.63, 3.8) is 0 Å². The van der Waals surface area contributed by atoms with Gasteiger partial charge in [0, 0.05) is 26.1 Å². The molecular weight excluding hydrogens is 280 g/mol. The van der Waals surface area contributed by atoms with Crippen LogP contribution in [-0.2, 0) is 19.4 Å². The molecule has 0 aromatic heterocycles. The molecule has 0 aromatic rings. The van der Waals surface area contributed by atoms with E-state index >= 15 is 0 Å². The summed E-state index contributed by atoms with van der Waals surface area (Å²) in [5.41, 5.74) is 0. The van der Waals surface area contributed by atoms with Gasteiger partial charge in [-0.15, -0.1) is 0 Å². The Bertz CT molecular complexity index is 461. The first-order valence-electron chi connectivity index (χ1n) is 7.06. The van der Waals surface area contributed by atoms with Crippen molar-refractivity contribution in [3.8, 4) is 0 Å². The van der Waals surface area contributed by atoms with Crippen molar-refractivity contribution in [2.24, 2.45) is 0 Å². The molecule has 0 bridgehead atoms. The molecule has 6 nitrogen and oxygen atoms in total. The first-order chi connectivity index (χ1) is 9.30. The second-order valence-corrected chi connectivity index (χ2v) is 7.41. The van der Waals surface area contributed by atoms with Gasteiger partial charge < -0.3 is 9.80 Å². The second-order valence-electron chi connectivity index (χ2n) is 5.18. The minimum Gasteiger partial charge on any atom is -0.337 e. The van der Waals surface area contributed by atoms with Crippen molar-refractivity contribution in [1.82, 2.24) is 9.80 Å². The molecule has 1 saturated heterocycles. The Kier molecular flexibility index (Phi) is 5.98. The van der Waals surface area contributed by atoms with Crippen LogP contribution >= 0.6 is 0 Å². The largest absolute Gasteiger partial charge is 0.337 e. The molecule has 1 heterocycles. The molecule has 0 N–H and O–H groups in total. The van der Waals surface area contributed by atoms with Gasteiger partial charge in [-0.1, -0.05) is 6.92 Å². The van der Waals surface area contributed by atoms with Crippen LogP contribution < -0.4 is 0 Å². The SMILES string of the molecule is CCCN(CC(=O)N(CC)C1CCS(=O)(=O)C1)C(C)=O. The van der Waals surface area contributed by atoms with E-state index in [1.54, 1.807) is 4.90 Å². The van der Waals surface area contributed by atoms with Crippen LogP contribution in [0.3, 0.4) is 0 Å². The smallest absolute Gasteiger partial charge is 0.242 e. The van der Waals surface area contributed by atoms with E-state index in [1.807, 2.05) is 13.8 Å². The van der Waals surface area contributed by atoms with Crippen molar-refractivity contribution in [1.29, 1.82) is 0 Å². The molecule has 1 unspecified atom stereocenters. The summed E-state index contributed by atoms with van der Waals surface area (Å²) >= 11 is 0. The minimum atomic E-state index is -3.01. The fourth-order valence-electron chi connectivity index (χ4n) is 2.53. The average Bonchev–Trinajstić information content (AvgIpc) is 2.69. The number of hydrogen-bond donors (Lipinski definition) is 0. The predicted octanol–water partition coefficient (Wildman–Crippen LogP) is 0.281. The molecule has 0 spiro atoms. The van der Waals surface area contributed by atoms with Crippen molar-refractivity contribution in [2.75, 3.05) is 31.1 Å². The number of carbonyl (C=O) groups excluding carboxylic acids is 2. The molecule has 7 heteroatoms. The molecule has 0 saturated carbocycles. The van der Waals surface area contributed by atoms with E-state index in [0.717, 1.165) is 6.42 Å². The number of rotatable bonds is 6. The normalized spacial score (nSPS) is 20.6. The average molecular weight is 304 g/mol. The molecule has 1 aliphatic heterocycles. The minimum absolute atomic E-state index is 0.0353. The zero-order valence-electron chi connectivity index (χ0n) is 12.5. The van der Waals surface area contributed by atoms with E-state index in [0.29, 0.717) is 19.5 Å². The topological polar surface area (TPSA) is 74.8 Å². The number of hydrogen-bond acceptors (Lipinski definition) is 4. The molecule has 1 aliphatic rings. The molecule has 0 aromatic carbocycles. The number of amides is 2. The second kappa shape index (κ2) is 7.06. The molecule has 116 valence electrons. The van der Waals surface area contributed by atoms with Crippen molar-refractivity contribution in [2.45, 2.75) is 39.7 Å². The van der Waals surface area contributed by atoms with Gasteiger partial charge in [0.2, 0.25) is 11.8 Å². The maximum absolute atomic E-state index is 12.3. The maximum Gasteiger partial charge on any atom is 0.242 e. The summed E-state index contributed by atoms with van der Waals surface area (Å²) in [5.74, 6) is -0.110. The monoisotopic (exact) mass is 304 g/mol. The first kappa shape index (κ1) is 16.9. The third-order valence-electron chi connectivity index (χ3n) is 3.58. The Balaban J connectivity index is 2.70. The summed E-state index contributed by atoms with van der Waals surface area (Å²) in [7, 11) is -3.01. The van der Waals surface area contributed by atoms with Crippen molar-refractivity contribution < 1.29 is 18.0 Å². The number of likely N-dealkylation sites (N-methyl/N-ethyl adjacent to an activating group) is 1. The molecule has 1 fully saturated rings. The van der Waals surface area contributed by atoms with Gasteiger partial charge in [-0.05, 0) is 19.8 Å². The van der Waals surface area contributed by atoms with Crippen LogP contribution in [0.1, 0.15) is 33.6 Å². The van der Waals surface area contributed by atoms with Gasteiger partial charge in [-0.3, -0.25) is 9.59 Å². The van der Waals surface area contributed by atoms with Gasteiger partial charge in [0.05, 0.1) is 18.1 Å². The highest BCUT2D eigenvalue weighted by atomic mass is 32.2. The highest BCUT2D eigenvalue weighted by Gasteiger charge is 2.34. The van der Waals surface area contributed by atoms with E-state index in [2.05, 4.69) is 0 Å². The zero-order chi connectivity index (χ0) is 15.3. The quantitative estimate of drug-likeness (QED) is 0.706. The Labute approximate surface area is 121 Å².